The van der Waals surface area contributed by atoms with Crippen molar-refractivity contribution in [3.05, 3.63) is 17.0 Å². The zero-order chi connectivity index (χ0) is 12.7. The Morgan fingerprint density at radius 1 is 1.50 bits per heavy atom. The molecule has 0 bridgehead atoms. The quantitative estimate of drug-likeness (QED) is 0.783. The van der Waals surface area contributed by atoms with Crippen LogP contribution in [-0.4, -0.2) is 43.9 Å². The number of rotatable bonds is 1. The van der Waals surface area contributed by atoms with Gasteiger partial charge in [0.25, 0.3) is 5.78 Å². The van der Waals surface area contributed by atoms with Crippen molar-refractivity contribution in [1.82, 2.24) is 19.6 Å². The van der Waals surface area contributed by atoms with Gasteiger partial charge in [0.2, 0.25) is 0 Å². The Hall–Kier alpha value is -1.40. The fraction of sp³-hybridized carbons (Fsp3) is 0.545. The van der Waals surface area contributed by atoms with E-state index in [1.807, 2.05) is 6.92 Å². The summed E-state index contributed by atoms with van der Waals surface area (Å²) in [4.78, 5) is 10.3. The van der Waals surface area contributed by atoms with E-state index in [1.165, 1.54) is 6.33 Å². The molecule has 0 aliphatic carbocycles. The molecule has 1 fully saturated rings. The molecular formula is C11H14ClN5O. The smallest absolute Gasteiger partial charge is 0.255 e. The van der Waals surface area contributed by atoms with Crippen molar-refractivity contribution in [2.24, 2.45) is 0 Å². The van der Waals surface area contributed by atoms with E-state index in [9.17, 15) is 5.11 Å². The van der Waals surface area contributed by atoms with Crippen LogP contribution in [0.3, 0.4) is 0 Å². The van der Waals surface area contributed by atoms with Crippen molar-refractivity contribution in [3.8, 4) is 0 Å². The van der Waals surface area contributed by atoms with Gasteiger partial charge in [0.15, 0.2) is 0 Å². The minimum Gasteiger partial charge on any atom is -0.391 e. The molecule has 3 heterocycles. The van der Waals surface area contributed by atoms with Crippen LogP contribution < -0.4 is 4.90 Å². The van der Waals surface area contributed by atoms with Crippen LogP contribution in [0, 0.1) is 6.92 Å². The summed E-state index contributed by atoms with van der Waals surface area (Å²) in [7, 11) is 0. The van der Waals surface area contributed by atoms with Gasteiger partial charge in [-0.1, -0.05) is 11.6 Å². The van der Waals surface area contributed by atoms with Crippen LogP contribution in [0.4, 0.5) is 5.82 Å². The van der Waals surface area contributed by atoms with Crippen molar-refractivity contribution >= 4 is 23.2 Å². The van der Waals surface area contributed by atoms with E-state index >= 15 is 0 Å². The molecule has 1 aliphatic heterocycles. The molecule has 1 N–H and O–H groups in total. The molecule has 0 radical (unpaired) electrons. The van der Waals surface area contributed by atoms with Gasteiger partial charge in [0.05, 0.1) is 6.10 Å². The van der Waals surface area contributed by atoms with E-state index < -0.39 is 0 Å². The summed E-state index contributed by atoms with van der Waals surface area (Å²) in [5.74, 6) is 1.36. The number of hydrogen-bond donors (Lipinski definition) is 1. The summed E-state index contributed by atoms with van der Waals surface area (Å²) in [6, 6.07) is 0. The molecule has 6 nitrogen and oxygen atoms in total. The lowest BCUT2D eigenvalue weighted by atomic mass is 10.1. The van der Waals surface area contributed by atoms with Crippen LogP contribution in [0.15, 0.2) is 6.33 Å². The first kappa shape index (κ1) is 11.7. The average Bonchev–Trinajstić information content (AvgIpc) is 2.78. The van der Waals surface area contributed by atoms with Gasteiger partial charge >= 0.3 is 0 Å². The van der Waals surface area contributed by atoms with E-state index in [4.69, 9.17) is 11.6 Å². The molecule has 1 unspecified atom stereocenters. The zero-order valence-corrected chi connectivity index (χ0v) is 10.8. The lowest BCUT2D eigenvalue weighted by Crippen LogP contribution is -2.39. The molecule has 3 rings (SSSR count). The summed E-state index contributed by atoms with van der Waals surface area (Å²) in [5.41, 5.74) is 0.865. The topological polar surface area (TPSA) is 66.5 Å². The number of aliphatic hydroxyl groups is 1. The average molecular weight is 268 g/mol. The highest BCUT2D eigenvalue weighted by atomic mass is 35.5. The summed E-state index contributed by atoms with van der Waals surface area (Å²) in [6.45, 7) is 3.39. The molecule has 1 aliphatic rings. The Kier molecular flexibility index (Phi) is 2.83. The first-order chi connectivity index (χ1) is 8.66. The molecule has 1 atom stereocenters. The number of β-amino-alcohol motifs (C(OH)–C–C–N with tert-alkyl or cyclic N) is 1. The fourth-order valence-electron chi connectivity index (χ4n) is 2.40. The van der Waals surface area contributed by atoms with Crippen LogP contribution in [-0.2, 0) is 0 Å². The molecule has 1 saturated heterocycles. The van der Waals surface area contributed by atoms with E-state index in [0.717, 1.165) is 30.8 Å². The second-order valence-electron chi connectivity index (χ2n) is 4.57. The standard InChI is InChI=1S/C11H14ClN5O/c1-7-9(12)15-11-13-6-14-17(11)10(7)16-4-2-3-8(18)5-16/h6,8,18H,2-5H2,1H3. The lowest BCUT2D eigenvalue weighted by molar-refractivity contribution is 0.153. The number of aliphatic hydroxyl groups excluding tert-OH is 1. The van der Waals surface area contributed by atoms with E-state index in [0.29, 0.717) is 17.5 Å². The minimum atomic E-state index is -0.302. The van der Waals surface area contributed by atoms with Crippen LogP contribution >= 0.6 is 11.6 Å². The molecule has 0 aromatic carbocycles. The van der Waals surface area contributed by atoms with Crippen molar-refractivity contribution in [2.45, 2.75) is 25.9 Å². The first-order valence-electron chi connectivity index (χ1n) is 5.95. The van der Waals surface area contributed by atoms with Gasteiger partial charge in [-0.2, -0.15) is 19.6 Å². The Morgan fingerprint density at radius 3 is 3.11 bits per heavy atom. The van der Waals surface area contributed by atoms with Gasteiger partial charge in [0, 0.05) is 18.7 Å². The minimum absolute atomic E-state index is 0.302. The van der Waals surface area contributed by atoms with Crippen LogP contribution in [0.1, 0.15) is 18.4 Å². The van der Waals surface area contributed by atoms with Gasteiger partial charge in [-0.25, -0.2) is 0 Å². The Labute approximate surface area is 109 Å². The van der Waals surface area contributed by atoms with Gasteiger partial charge in [-0.3, -0.25) is 0 Å². The third kappa shape index (κ3) is 1.81. The van der Waals surface area contributed by atoms with Crippen molar-refractivity contribution < 1.29 is 5.11 Å². The third-order valence-electron chi connectivity index (χ3n) is 3.27. The predicted octanol–water partition coefficient (Wildman–Crippen LogP) is 1.05. The van der Waals surface area contributed by atoms with Gasteiger partial charge in [-0.05, 0) is 19.8 Å². The summed E-state index contributed by atoms with van der Waals surface area (Å²) in [6.07, 6.45) is 2.96. The molecule has 7 heteroatoms. The summed E-state index contributed by atoms with van der Waals surface area (Å²) >= 11 is 6.12. The highest BCUT2D eigenvalue weighted by Gasteiger charge is 2.23. The monoisotopic (exact) mass is 267 g/mol. The van der Waals surface area contributed by atoms with Crippen molar-refractivity contribution in [3.63, 3.8) is 0 Å². The zero-order valence-electron chi connectivity index (χ0n) is 10.0. The van der Waals surface area contributed by atoms with Crippen molar-refractivity contribution in [2.75, 3.05) is 18.0 Å². The Balaban J connectivity index is 2.14. The molecular weight excluding hydrogens is 254 g/mol. The molecule has 2 aromatic rings. The Bertz CT molecular complexity index is 584. The molecule has 2 aromatic heterocycles. The third-order valence-corrected chi connectivity index (χ3v) is 3.64. The second-order valence-corrected chi connectivity index (χ2v) is 4.92. The maximum absolute atomic E-state index is 9.79. The number of aromatic nitrogens is 4. The largest absolute Gasteiger partial charge is 0.391 e. The SMILES string of the molecule is Cc1c(Cl)nc2ncnn2c1N1CCCC(O)C1. The van der Waals surface area contributed by atoms with Gasteiger partial charge in [-0.15, -0.1) is 0 Å². The Morgan fingerprint density at radius 2 is 2.33 bits per heavy atom. The van der Waals surface area contributed by atoms with Gasteiger partial charge < -0.3 is 10.0 Å². The predicted molar refractivity (Wildman–Crippen MR) is 68.0 cm³/mol. The molecule has 96 valence electrons. The number of anilines is 1. The number of fused-ring (bicyclic) bond motifs is 1. The number of nitrogens with zero attached hydrogens (tertiary/aromatic N) is 5. The lowest BCUT2D eigenvalue weighted by Gasteiger charge is -2.32. The molecule has 18 heavy (non-hydrogen) atoms. The van der Waals surface area contributed by atoms with Crippen LogP contribution in [0.2, 0.25) is 5.15 Å². The summed E-state index contributed by atoms with van der Waals surface area (Å²) in [5, 5.41) is 14.4. The second kappa shape index (κ2) is 4.37. The number of hydrogen-bond acceptors (Lipinski definition) is 5. The fourth-order valence-corrected chi connectivity index (χ4v) is 2.56. The molecule has 0 saturated carbocycles. The number of piperidine rings is 1. The molecule has 0 amide bonds. The first-order valence-corrected chi connectivity index (χ1v) is 6.33. The highest BCUT2D eigenvalue weighted by Crippen LogP contribution is 2.27. The molecule has 0 spiro atoms. The maximum Gasteiger partial charge on any atom is 0.255 e. The van der Waals surface area contributed by atoms with Gasteiger partial charge in [0.1, 0.15) is 17.3 Å². The normalized spacial score (nSPS) is 20.6. The van der Waals surface area contributed by atoms with E-state index in [2.05, 4.69) is 20.0 Å². The summed E-state index contributed by atoms with van der Waals surface area (Å²) < 4.78 is 1.68. The van der Waals surface area contributed by atoms with E-state index in [-0.39, 0.29) is 6.10 Å². The van der Waals surface area contributed by atoms with Crippen molar-refractivity contribution in [1.29, 1.82) is 0 Å². The maximum atomic E-state index is 9.79. The van der Waals surface area contributed by atoms with E-state index in [1.54, 1.807) is 4.52 Å². The van der Waals surface area contributed by atoms with Crippen LogP contribution in [0.25, 0.3) is 5.78 Å². The number of halogens is 1. The highest BCUT2D eigenvalue weighted by molar-refractivity contribution is 6.30. The van der Waals surface area contributed by atoms with Crippen LogP contribution in [0.5, 0.6) is 0 Å².